The Morgan fingerprint density at radius 1 is 1.17 bits per heavy atom. The summed E-state index contributed by atoms with van der Waals surface area (Å²) in [6, 6.07) is -0.481. The molecule has 2 fully saturated rings. The van der Waals surface area contributed by atoms with Gasteiger partial charge in [-0.3, -0.25) is 0 Å². The van der Waals surface area contributed by atoms with E-state index >= 15 is 0 Å². The molecule has 1 unspecified atom stereocenters. The van der Waals surface area contributed by atoms with Crippen molar-refractivity contribution in [2.75, 3.05) is 26.4 Å². The van der Waals surface area contributed by atoms with Crippen LogP contribution < -0.4 is 10.6 Å². The molecule has 0 aromatic rings. The number of amides is 2. The third-order valence-corrected chi connectivity index (χ3v) is 3.37. The number of carboxylic acids is 1. The zero-order valence-corrected chi connectivity index (χ0v) is 10.1. The van der Waals surface area contributed by atoms with Gasteiger partial charge in [-0.05, 0) is 6.42 Å². The number of nitrogens with one attached hydrogen (secondary N) is 2. The van der Waals surface area contributed by atoms with Crippen LogP contribution in [0.1, 0.15) is 19.3 Å². The molecule has 0 aliphatic carbocycles. The summed E-state index contributed by atoms with van der Waals surface area (Å²) < 4.78 is 10.3. The largest absolute Gasteiger partial charge is 0.480 e. The zero-order chi connectivity index (χ0) is 13.0. The molecular weight excluding hydrogens is 240 g/mol. The predicted molar refractivity (Wildman–Crippen MR) is 61.3 cm³/mol. The first kappa shape index (κ1) is 13.1. The topological polar surface area (TPSA) is 96.9 Å². The van der Waals surface area contributed by atoms with Crippen LogP contribution in [0, 0.1) is 0 Å². The molecular formula is C11H18N2O5. The number of ether oxygens (including phenoxy) is 2. The minimum atomic E-state index is -1.21. The quantitative estimate of drug-likeness (QED) is 0.646. The Balaban J connectivity index is 1.91. The molecule has 18 heavy (non-hydrogen) atoms. The maximum Gasteiger partial charge on any atom is 0.329 e. The Bertz CT molecular complexity index is 321. The number of hydrogen-bond donors (Lipinski definition) is 3. The first-order valence-corrected chi connectivity index (χ1v) is 6.10. The maximum atomic E-state index is 11.8. The van der Waals surface area contributed by atoms with Crippen molar-refractivity contribution < 1.29 is 24.2 Å². The van der Waals surface area contributed by atoms with Gasteiger partial charge in [0.25, 0.3) is 0 Å². The van der Waals surface area contributed by atoms with Crippen LogP contribution in [-0.4, -0.2) is 55.1 Å². The van der Waals surface area contributed by atoms with Crippen LogP contribution in [0.4, 0.5) is 4.79 Å². The van der Waals surface area contributed by atoms with Crippen LogP contribution in [0.15, 0.2) is 0 Å². The summed E-state index contributed by atoms with van der Waals surface area (Å²) in [5.74, 6) is -1.01. The Morgan fingerprint density at radius 2 is 1.89 bits per heavy atom. The fourth-order valence-electron chi connectivity index (χ4n) is 2.20. The molecule has 2 amide bonds. The molecule has 0 bridgehead atoms. The smallest absolute Gasteiger partial charge is 0.329 e. The van der Waals surface area contributed by atoms with E-state index in [0.29, 0.717) is 26.4 Å². The molecule has 2 aliphatic heterocycles. The van der Waals surface area contributed by atoms with Gasteiger partial charge in [0.05, 0.1) is 12.6 Å². The number of hydrogen-bond acceptors (Lipinski definition) is 4. The molecule has 7 nitrogen and oxygen atoms in total. The minimum absolute atomic E-state index is 0.0318. The van der Waals surface area contributed by atoms with Crippen molar-refractivity contribution in [3.05, 3.63) is 0 Å². The van der Waals surface area contributed by atoms with Gasteiger partial charge in [-0.2, -0.15) is 0 Å². The van der Waals surface area contributed by atoms with E-state index in [2.05, 4.69) is 10.6 Å². The molecule has 0 saturated carbocycles. The number of rotatable bonds is 3. The van der Waals surface area contributed by atoms with Gasteiger partial charge in [0.2, 0.25) is 0 Å². The summed E-state index contributed by atoms with van der Waals surface area (Å²) in [6.45, 7) is 1.80. The second-order valence-electron chi connectivity index (χ2n) is 4.66. The van der Waals surface area contributed by atoms with Crippen molar-refractivity contribution in [1.82, 2.24) is 10.6 Å². The first-order chi connectivity index (χ1) is 8.62. The van der Waals surface area contributed by atoms with E-state index < -0.39 is 17.5 Å². The van der Waals surface area contributed by atoms with Crippen LogP contribution in [-0.2, 0) is 14.3 Å². The van der Waals surface area contributed by atoms with Crippen molar-refractivity contribution in [2.24, 2.45) is 0 Å². The average molecular weight is 258 g/mol. The van der Waals surface area contributed by atoms with Crippen molar-refractivity contribution in [3.8, 4) is 0 Å². The average Bonchev–Trinajstić information content (AvgIpc) is 2.82. The summed E-state index contributed by atoms with van der Waals surface area (Å²) in [5.41, 5.74) is -1.21. The highest BCUT2D eigenvalue weighted by atomic mass is 16.5. The van der Waals surface area contributed by atoms with Crippen molar-refractivity contribution in [3.63, 3.8) is 0 Å². The van der Waals surface area contributed by atoms with E-state index in [-0.39, 0.29) is 18.9 Å². The second-order valence-corrected chi connectivity index (χ2v) is 4.66. The molecule has 2 heterocycles. The van der Waals surface area contributed by atoms with Gasteiger partial charge in [0, 0.05) is 32.7 Å². The number of carbonyl (C=O) groups is 2. The third-order valence-electron chi connectivity index (χ3n) is 3.37. The fraction of sp³-hybridized carbons (Fsp3) is 0.818. The Hall–Kier alpha value is -1.34. The van der Waals surface area contributed by atoms with Crippen LogP contribution >= 0.6 is 0 Å². The lowest BCUT2D eigenvalue weighted by Crippen LogP contribution is -2.60. The molecule has 3 N–H and O–H groups in total. The molecule has 0 radical (unpaired) electrons. The SMILES string of the molecule is O=C(NC1CCOC1)NC1(C(=O)O)CCOCC1. The molecule has 0 aromatic heterocycles. The second kappa shape index (κ2) is 5.53. The Morgan fingerprint density at radius 3 is 2.44 bits per heavy atom. The Kier molecular flexibility index (Phi) is 4.03. The van der Waals surface area contributed by atoms with Gasteiger partial charge in [0.15, 0.2) is 0 Å². The summed E-state index contributed by atoms with van der Waals surface area (Å²) in [4.78, 5) is 23.1. The van der Waals surface area contributed by atoms with Crippen LogP contribution in [0.25, 0.3) is 0 Å². The lowest BCUT2D eigenvalue weighted by Gasteiger charge is -2.34. The van der Waals surface area contributed by atoms with Crippen molar-refractivity contribution >= 4 is 12.0 Å². The summed E-state index contributed by atoms with van der Waals surface area (Å²) >= 11 is 0. The van der Waals surface area contributed by atoms with Crippen molar-refractivity contribution in [1.29, 1.82) is 0 Å². The van der Waals surface area contributed by atoms with Crippen LogP contribution in [0.2, 0.25) is 0 Å². The van der Waals surface area contributed by atoms with Gasteiger partial charge in [-0.15, -0.1) is 0 Å². The molecule has 2 aliphatic rings. The first-order valence-electron chi connectivity index (χ1n) is 6.10. The number of urea groups is 1. The Labute approximate surface area is 105 Å². The maximum absolute atomic E-state index is 11.8. The molecule has 2 rings (SSSR count). The van der Waals surface area contributed by atoms with Gasteiger partial charge in [0.1, 0.15) is 5.54 Å². The molecule has 1 atom stereocenters. The third kappa shape index (κ3) is 2.91. The highest BCUT2D eigenvalue weighted by Gasteiger charge is 2.41. The van der Waals surface area contributed by atoms with E-state index in [4.69, 9.17) is 9.47 Å². The predicted octanol–water partition coefficient (Wildman–Crippen LogP) is -0.292. The standard InChI is InChI=1S/C11H18N2O5/c14-9(15)11(2-5-17-6-3-11)13-10(16)12-8-1-4-18-7-8/h8H,1-7H2,(H,14,15)(H2,12,13,16). The lowest BCUT2D eigenvalue weighted by atomic mass is 9.90. The fourth-order valence-corrected chi connectivity index (χ4v) is 2.20. The summed E-state index contributed by atoms with van der Waals surface area (Å²) in [5, 5.41) is 14.6. The van der Waals surface area contributed by atoms with Gasteiger partial charge >= 0.3 is 12.0 Å². The van der Waals surface area contributed by atoms with E-state index in [1.165, 1.54) is 0 Å². The van der Waals surface area contributed by atoms with E-state index in [0.717, 1.165) is 6.42 Å². The number of carboxylic acid groups (broad SMARTS) is 1. The summed E-state index contributed by atoms with van der Waals surface area (Å²) in [7, 11) is 0. The molecule has 2 saturated heterocycles. The highest BCUT2D eigenvalue weighted by molar-refractivity contribution is 5.86. The van der Waals surface area contributed by atoms with E-state index in [1.54, 1.807) is 0 Å². The monoisotopic (exact) mass is 258 g/mol. The molecule has 102 valence electrons. The number of carbonyl (C=O) groups excluding carboxylic acids is 1. The van der Waals surface area contributed by atoms with Gasteiger partial charge < -0.3 is 25.2 Å². The molecule has 0 aromatic carbocycles. The lowest BCUT2D eigenvalue weighted by molar-refractivity contribution is -0.148. The molecule has 7 heteroatoms. The highest BCUT2D eigenvalue weighted by Crippen LogP contribution is 2.21. The number of aliphatic carboxylic acids is 1. The van der Waals surface area contributed by atoms with Crippen molar-refractivity contribution in [2.45, 2.75) is 30.8 Å². The molecule has 0 spiro atoms. The van der Waals surface area contributed by atoms with Gasteiger partial charge in [-0.25, -0.2) is 9.59 Å². The van der Waals surface area contributed by atoms with E-state index in [1.807, 2.05) is 0 Å². The van der Waals surface area contributed by atoms with Crippen LogP contribution in [0.5, 0.6) is 0 Å². The van der Waals surface area contributed by atoms with E-state index in [9.17, 15) is 14.7 Å². The zero-order valence-electron chi connectivity index (χ0n) is 10.1. The normalized spacial score (nSPS) is 26.6. The summed E-state index contributed by atoms with van der Waals surface area (Å²) in [6.07, 6.45) is 1.34. The van der Waals surface area contributed by atoms with Crippen LogP contribution in [0.3, 0.4) is 0 Å². The van der Waals surface area contributed by atoms with Gasteiger partial charge in [-0.1, -0.05) is 0 Å². The minimum Gasteiger partial charge on any atom is -0.480 e.